The summed E-state index contributed by atoms with van der Waals surface area (Å²) in [6, 6.07) is 49.2. The molecule has 0 saturated heterocycles. The number of hydrogen-bond donors (Lipinski definition) is 0. The average molecular weight is 827 g/mol. The van der Waals surface area contributed by atoms with Crippen molar-refractivity contribution in [1.82, 2.24) is 0 Å². The largest absolute Gasteiger partial charge is 0.213 e. The first-order chi connectivity index (χ1) is 30.7. The molecule has 1 aliphatic heterocycles. The Bertz CT molecular complexity index is 2700. The predicted octanol–water partition coefficient (Wildman–Crippen LogP) is 16.6. The van der Waals surface area contributed by atoms with Crippen LogP contribution in [-0.4, -0.2) is 0 Å². The fourth-order valence-corrected chi connectivity index (χ4v) is 12.4. The summed E-state index contributed by atoms with van der Waals surface area (Å²) >= 11 is 0. The van der Waals surface area contributed by atoms with Gasteiger partial charge < -0.3 is 0 Å². The molecule has 63 heavy (non-hydrogen) atoms. The summed E-state index contributed by atoms with van der Waals surface area (Å²) in [7, 11) is 0. The van der Waals surface area contributed by atoms with Crippen molar-refractivity contribution in [2.45, 2.75) is 141 Å². The van der Waals surface area contributed by atoms with E-state index in [-0.39, 0.29) is 16.4 Å². The smallest absolute Gasteiger partial charge is 0.192 e. The van der Waals surface area contributed by atoms with Crippen LogP contribution in [0, 0.1) is 5.92 Å². The van der Waals surface area contributed by atoms with E-state index in [1.165, 1.54) is 150 Å². The van der Waals surface area contributed by atoms with Gasteiger partial charge in [-0.2, -0.15) is 4.57 Å². The number of unbranched alkanes of at least 4 members (excludes halogenated alkanes) is 5. The van der Waals surface area contributed by atoms with Gasteiger partial charge in [-0.25, -0.2) is 0 Å². The maximum Gasteiger partial charge on any atom is 0.213 e. The summed E-state index contributed by atoms with van der Waals surface area (Å²) in [5.41, 5.74) is 21.8. The van der Waals surface area contributed by atoms with E-state index in [9.17, 15) is 0 Å². The van der Waals surface area contributed by atoms with Crippen LogP contribution in [0.25, 0.3) is 50.2 Å². The lowest BCUT2D eigenvalue weighted by molar-refractivity contribution is -0.730. The average Bonchev–Trinajstić information content (AvgIpc) is 3.83. The third-order valence-corrected chi connectivity index (χ3v) is 16.1. The molecule has 0 spiro atoms. The van der Waals surface area contributed by atoms with Crippen LogP contribution in [0.15, 0.2) is 151 Å². The van der Waals surface area contributed by atoms with Crippen LogP contribution in [0.5, 0.6) is 0 Å². The van der Waals surface area contributed by atoms with E-state index in [0.29, 0.717) is 5.92 Å². The molecule has 320 valence electrons. The number of nitrogens with zero attached hydrogens (tertiary/aromatic N) is 1. The van der Waals surface area contributed by atoms with Crippen LogP contribution in [0.1, 0.15) is 146 Å². The van der Waals surface area contributed by atoms with E-state index in [2.05, 4.69) is 185 Å². The van der Waals surface area contributed by atoms with Gasteiger partial charge in [0.1, 0.15) is 0 Å². The van der Waals surface area contributed by atoms with Crippen molar-refractivity contribution in [2.75, 3.05) is 0 Å². The first-order valence-corrected chi connectivity index (χ1v) is 24.8. The first-order valence-electron chi connectivity index (χ1n) is 24.8. The molecule has 1 aromatic heterocycles. The van der Waals surface area contributed by atoms with Gasteiger partial charge in [-0.3, -0.25) is 0 Å². The lowest BCUT2D eigenvalue weighted by Gasteiger charge is -2.34. The van der Waals surface area contributed by atoms with Crippen molar-refractivity contribution in [3.63, 3.8) is 0 Å². The fraction of sp³-hybridized carbons (Fsp3) is 0.371. The Hall–Kier alpha value is -5.27. The number of allylic oxidation sites excluding steroid dienone is 4. The van der Waals surface area contributed by atoms with Crippen LogP contribution in [0.3, 0.4) is 0 Å². The maximum absolute atomic E-state index is 2.68. The van der Waals surface area contributed by atoms with Gasteiger partial charge in [0.2, 0.25) is 5.69 Å². The summed E-state index contributed by atoms with van der Waals surface area (Å²) in [4.78, 5) is 0. The zero-order valence-electron chi connectivity index (χ0n) is 38.8. The van der Waals surface area contributed by atoms with E-state index < -0.39 is 0 Å². The molecule has 2 heterocycles. The molecule has 0 bridgehead atoms. The molecule has 0 amide bonds. The minimum absolute atomic E-state index is 0.0473. The van der Waals surface area contributed by atoms with Gasteiger partial charge in [0, 0.05) is 30.4 Å². The second-order valence-electron chi connectivity index (χ2n) is 20.4. The van der Waals surface area contributed by atoms with Crippen LogP contribution in [0.4, 0.5) is 0 Å². The molecule has 3 atom stereocenters. The predicted molar refractivity (Wildman–Crippen MR) is 267 cm³/mol. The van der Waals surface area contributed by atoms with Crippen LogP contribution in [-0.2, 0) is 22.8 Å². The zero-order chi connectivity index (χ0) is 43.2. The van der Waals surface area contributed by atoms with Crippen molar-refractivity contribution in [1.29, 1.82) is 0 Å². The molecular formula is C62H68N+. The molecule has 3 aliphatic carbocycles. The normalized spacial score (nSPS) is 21.1. The van der Waals surface area contributed by atoms with Crippen molar-refractivity contribution >= 4 is 5.57 Å². The standard InChI is InChI=1S/C62H68N/c1-6-8-33-62(34-9-7-2)56-30-18-17-29-53(56)54-40-57-55(41-58(54)62)59-32-31-51(42-63(59)61(5)43-60(57,61)4)49-27-19-25-47(38-49)48-26-20-28-50(39-48)52-36-44(3)35-46(37-52)24-14-11-10-13-21-45-22-15-12-16-23-45/h12,15-20,22-23,25-32,35,37-42,44H,6-11,13-14,21,24,33-34,36,43H2,1-5H3/q+1. The minimum Gasteiger partial charge on any atom is -0.192 e. The molecule has 5 aromatic carbocycles. The molecular weight excluding hydrogens is 759 g/mol. The Morgan fingerprint density at radius 2 is 1.21 bits per heavy atom. The van der Waals surface area contributed by atoms with Gasteiger partial charge in [0.05, 0.1) is 11.0 Å². The Labute approximate surface area is 379 Å². The second kappa shape index (κ2) is 17.0. The van der Waals surface area contributed by atoms with E-state index in [4.69, 9.17) is 0 Å². The summed E-state index contributed by atoms with van der Waals surface area (Å²) in [6.45, 7) is 12.1. The Morgan fingerprint density at radius 3 is 1.95 bits per heavy atom. The van der Waals surface area contributed by atoms with E-state index in [1.54, 1.807) is 16.7 Å². The highest BCUT2D eigenvalue weighted by molar-refractivity contribution is 5.86. The third-order valence-electron chi connectivity index (χ3n) is 16.1. The van der Waals surface area contributed by atoms with Crippen molar-refractivity contribution in [3.05, 3.63) is 179 Å². The number of aryl methyl sites for hydroxylation is 1. The molecule has 6 aromatic rings. The SMILES string of the molecule is CCCCC1(CCCC)c2ccccc2-c2cc3c(cc21)-c1ccc(-c2cccc(-c4cccc(C5=CC(CCCCCCc6ccccc6)=CC(C)C5)c4)c2)c[n+]1C1(C)CC31C. The number of aromatic nitrogens is 1. The fourth-order valence-electron chi connectivity index (χ4n) is 12.4. The van der Waals surface area contributed by atoms with Gasteiger partial charge in [-0.15, -0.1) is 0 Å². The highest BCUT2D eigenvalue weighted by Crippen LogP contribution is 2.66. The maximum atomic E-state index is 2.68. The van der Waals surface area contributed by atoms with Gasteiger partial charge in [0.15, 0.2) is 11.7 Å². The molecule has 4 aliphatic rings. The Balaban J connectivity index is 0.916. The lowest BCUT2D eigenvalue weighted by Crippen LogP contribution is -2.52. The monoisotopic (exact) mass is 827 g/mol. The van der Waals surface area contributed by atoms with Crippen molar-refractivity contribution in [3.8, 4) is 44.6 Å². The van der Waals surface area contributed by atoms with Crippen molar-refractivity contribution < 1.29 is 4.57 Å². The van der Waals surface area contributed by atoms with Crippen LogP contribution >= 0.6 is 0 Å². The highest BCUT2D eigenvalue weighted by atomic mass is 15.1. The lowest BCUT2D eigenvalue weighted by atomic mass is 9.70. The van der Waals surface area contributed by atoms with Crippen molar-refractivity contribution in [2.24, 2.45) is 5.92 Å². The molecule has 0 radical (unpaired) electrons. The number of hydrogen-bond acceptors (Lipinski definition) is 0. The summed E-state index contributed by atoms with van der Waals surface area (Å²) < 4.78 is 2.68. The van der Waals surface area contributed by atoms with E-state index in [0.717, 1.165) is 6.42 Å². The van der Waals surface area contributed by atoms with Crippen LogP contribution < -0.4 is 4.57 Å². The Morgan fingerprint density at radius 1 is 0.556 bits per heavy atom. The molecule has 10 rings (SSSR count). The topological polar surface area (TPSA) is 3.88 Å². The number of benzene rings is 5. The van der Waals surface area contributed by atoms with Gasteiger partial charge in [-0.05, 0) is 149 Å². The van der Waals surface area contributed by atoms with E-state index >= 15 is 0 Å². The molecule has 1 nitrogen and oxygen atoms in total. The molecule has 1 saturated carbocycles. The molecule has 0 N–H and O–H groups in total. The highest BCUT2D eigenvalue weighted by Gasteiger charge is 2.73. The number of rotatable bonds is 16. The molecule has 1 fully saturated rings. The molecule has 3 unspecified atom stereocenters. The first kappa shape index (κ1) is 41.7. The zero-order valence-corrected chi connectivity index (χ0v) is 38.8. The number of pyridine rings is 1. The summed E-state index contributed by atoms with van der Waals surface area (Å²) in [5.74, 6) is 0.565. The summed E-state index contributed by atoms with van der Waals surface area (Å²) in [6.07, 6.45) is 24.8. The van der Waals surface area contributed by atoms with Crippen LogP contribution in [0.2, 0.25) is 0 Å². The molecule has 1 heteroatoms. The van der Waals surface area contributed by atoms with Gasteiger partial charge in [0.25, 0.3) is 0 Å². The number of fused-ring (bicyclic) bond motifs is 9. The quantitative estimate of drug-likeness (QED) is 0.0676. The van der Waals surface area contributed by atoms with Gasteiger partial charge >= 0.3 is 0 Å². The van der Waals surface area contributed by atoms with Gasteiger partial charge in [-0.1, -0.05) is 168 Å². The second-order valence-corrected chi connectivity index (χ2v) is 20.4. The van der Waals surface area contributed by atoms with E-state index in [1.807, 2.05) is 0 Å². The minimum atomic E-state index is 0.0473. The Kier molecular flexibility index (Phi) is 11.3. The summed E-state index contributed by atoms with van der Waals surface area (Å²) in [5, 5.41) is 0. The third kappa shape index (κ3) is 7.48.